The third-order valence-corrected chi connectivity index (χ3v) is 2.72. The van der Waals surface area contributed by atoms with E-state index in [1.54, 1.807) is 6.07 Å². The van der Waals surface area contributed by atoms with Gasteiger partial charge in [0, 0.05) is 12.5 Å². The Labute approximate surface area is 82.8 Å². The number of hydrogen-bond donors (Lipinski definition) is 2. The molecule has 1 aliphatic rings. The van der Waals surface area contributed by atoms with Gasteiger partial charge in [-0.25, -0.2) is 4.39 Å². The zero-order valence-corrected chi connectivity index (χ0v) is 7.91. The summed E-state index contributed by atoms with van der Waals surface area (Å²) >= 11 is 0. The maximum absolute atomic E-state index is 12.9. The van der Waals surface area contributed by atoms with Crippen LogP contribution in [0.4, 0.5) is 4.39 Å². The topological polar surface area (TPSA) is 32.3 Å². The third-order valence-electron chi connectivity index (χ3n) is 2.72. The highest BCUT2D eigenvalue weighted by Gasteiger charge is 2.24. The molecule has 76 valence electrons. The average molecular weight is 195 g/mol. The Hall–Kier alpha value is -0.930. The van der Waals surface area contributed by atoms with E-state index in [0.717, 1.165) is 25.1 Å². The molecule has 1 aromatic carbocycles. The maximum atomic E-state index is 12.9. The molecule has 3 heteroatoms. The molecule has 0 aromatic heterocycles. The van der Waals surface area contributed by atoms with Gasteiger partial charge in [0.2, 0.25) is 0 Å². The molecule has 2 atom stereocenters. The first-order valence-corrected chi connectivity index (χ1v) is 4.91. The highest BCUT2D eigenvalue weighted by Crippen LogP contribution is 2.23. The summed E-state index contributed by atoms with van der Waals surface area (Å²) in [5.41, 5.74) is 0.879. The Morgan fingerprint density at radius 3 is 3.00 bits per heavy atom. The lowest BCUT2D eigenvalue weighted by atomic mass is 9.89. The fraction of sp³-hybridized carbons (Fsp3) is 0.455. The zero-order valence-electron chi connectivity index (χ0n) is 7.91. The molecular weight excluding hydrogens is 181 g/mol. The lowest BCUT2D eigenvalue weighted by Gasteiger charge is -2.28. The predicted molar refractivity (Wildman–Crippen MR) is 52.6 cm³/mol. The molecule has 0 bridgehead atoms. The van der Waals surface area contributed by atoms with Gasteiger partial charge in [-0.3, -0.25) is 0 Å². The van der Waals surface area contributed by atoms with Crippen LogP contribution in [0, 0.1) is 5.82 Å². The number of halogens is 1. The van der Waals surface area contributed by atoms with Crippen molar-refractivity contribution in [2.45, 2.75) is 18.4 Å². The summed E-state index contributed by atoms with van der Waals surface area (Å²) in [6.45, 7) is 1.57. The van der Waals surface area contributed by atoms with E-state index in [2.05, 4.69) is 5.32 Å². The number of nitrogens with one attached hydrogen (secondary N) is 1. The molecule has 1 heterocycles. The van der Waals surface area contributed by atoms with E-state index in [0.29, 0.717) is 0 Å². The Morgan fingerprint density at radius 1 is 1.43 bits per heavy atom. The molecular formula is C11H14FNO. The Kier molecular flexibility index (Phi) is 2.79. The van der Waals surface area contributed by atoms with Gasteiger partial charge in [0.15, 0.2) is 0 Å². The molecule has 14 heavy (non-hydrogen) atoms. The minimum absolute atomic E-state index is 0.0273. The smallest absolute Gasteiger partial charge is 0.123 e. The Morgan fingerprint density at radius 2 is 2.29 bits per heavy atom. The molecule has 2 unspecified atom stereocenters. The second-order valence-corrected chi connectivity index (χ2v) is 3.72. The third kappa shape index (κ3) is 1.94. The molecule has 2 rings (SSSR count). The molecule has 1 fully saturated rings. The largest absolute Gasteiger partial charge is 0.392 e. The van der Waals surface area contributed by atoms with Crippen molar-refractivity contribution in [3.63, 3.8) is 0 Å². The van der Waals surface area contributed by atoms with Gasteiger partial charge < -0.3 is 10.4 Å². The lowest BCUT2D eigenvalue weighted by molar-refractivity contribution is 0.114. The van der Waals surface area contributed by atoms with Crippen molar-refractivity contribution in [3.8, 4) is 0 Å². The van der Waals surface area contributed by atoms with Crippen molar-refractivity contribution >= 4 is 0 Å². The summed E-state index contributed by atoms with van der Waals surface area (Å²) in [6.07, 6.45) is 0.388. The number of hydrogen-bond acceptors (Lipinski definition) is 2. The van der Waals surface area contributed by atoms with Crippen molar-refractivity contribution in [2.24, 2.45) is 0 Å². The van der Waals surface area contributed by atoms with Crippen molar-refractivity contribution in [1.29, 1.82) is 0 Å². The average Bonchev–Trinajstić information content (AvgIpc) is 2.18. The maximum Gasteiger partial charge on any atom is 0.123 e. The van der Waals surface area contributed by atoms with Crippen LogP contribution in [0.15, 0.2) is 24.3 Å². The summed E-state index contributed by atoms with van der Waals surface area (Å²) in [5.74, 6) is -0.209. The summed E-state index contributed by atoms with van der Waals surface area (Å²) in [6, 6.07) is 6.48. The second kappa shape index (κ2) is 4.07. The predicted octanol–water partition coefficient (Wildman–Crippen LogP) is 1.26. The SMILES string of the molecule is OC1CCNCC1c1cccc(F)c1. The van der Waals surface area contributed by atoms with Gasteiger partial charge in [-0.1, -0.05) is 12.1 Å². The van der Waals surface area contributed by atoms with E-state index in [9.17, 15) is 9.50 Å². The van der Waals surface area contributed by atoms with Crippen LogP contribution in [0.1, 0.15) is 17.9 Å². The molecule has 2 N–H and O–H groups in total. The first-order valence-electron chi connectivity index (χ1n) is 4.91. The van der Waals surface area contributed by atoms with E-state index < -0.39 is 0 Å². The first-order chi connectivity index (χ1) is 6.77. The van der Waals surface area contributed by atoms with E-state index in [1.165, 1.54) is 12.1 Å². The van der Waals surface area contributed by atoms with Gasteiger partial charge in [0.1, 0.15) is 5.82 Å². The molecule has 0 radical (unpaired) electrons. The van der Waals surface area contributed by atoms with Crippen molar-refractivity contribution in [2.75, 3.05) is 13.1 Å². The number of aliphatic hydroxyl groups is 1. The standard InChI is InChI=1S/C11H14FNO/c12-9-3-1-2-8(6-9)10-7-13-5-4-11(10)14/h1-3,6,10-11,13-14H,4-5,7H2. The van der Waals surface area contributed by atoms with Gasteiger partial charge in [-0.15, -0.1) is 0 Å². The van der Waals surface area contributed by atoms with E-state index >= 15 is 0 Å². The van der Waals surface area contributed by atoms with Crippen LogP contribution >= 0.6 is 0 Å². The molecule has 0 amide bonds. The van der Waals surface area contributed by atoms with Crippen LogP contribution < -0.4 is 5.32 Å². The molecule has 0 spiro atoms. The molecule has 2 nitrogen and oxygen atoms in total. The van der Waals surface area contributed by atoms with Crippen molar-refractivity contribution in [3.05, 3.63) is 35.6 Å². The van der Waals surface area contributed by atoms with Crippen LogP contribution in [-0.4, -0.2) is 24.3 Å². The number of rotatable bonds is 1. The highest BCUT2D eigenvalue weighted by molar-refractivity contribution is 5.22. The second-order valence-electron chi connectivity index (χ2n) is 3.72. The van der Waals surface area contributed by atoms with Gasteiger partial charge in [-0.05, 0) is 30.7 Å². The number of piperidine rings is 1. The van der Waals surface area contributed by atoms with E-state index in [4.69, 9.17) is 0 Å². The minimum Gasteiger partial charge on any atom is -0.392 e. The fourth-order valence-electron chi connectivity index (χ4n) is 1.92. The Balaban J connectivity index is 2.20. The van der Waals surface area contributed by atoms with E-state index in [-0.39, 0.29) is 17.8 Å². The van der Waals surface area contributed by atoms with Gasteiger partial charge in [0.25, 0.3) is 0 Å². The summed E-state index contributed by atoms with van der Waals surface area (Å²) in [4.78, 5) is 0. The Bertz CT molecular complexity index is 316. The number of benzene rings is 1. The van der Waals surface area contributed by atoms with Gasteiger partial charge >= 0.3 is 0 Å². The van der Waals surface area contributed by atoms with Crippen LogP contribution in [0.5, 0.6) is 0 Å². The van der Waals surface area contributed by atoms with Crippen molar-refractivity contribution < 1.29 is 9.50 Å². The van der Waals surface area contributed by atoms with Gasteiger partial charge in [0.05, 0.1) is 6.10 Å². The highest BCUT2D eigenvalue weighted by atomic mass is 19.1. The van der Waals surface area contributed by atoms with E-state index in [1.807, 2.05) is 6.07 Å². The first kappa shape index (κ1) is 9.62. The molecule has 0 saturated carbocycles. The number of aliphatic hydroxyl groups excluding tert-OH is 1. The summed E-state index contributed by atoms with van der Waals surface area (Å²) in [7, 11) is 0. The molecule has 1 aliphatic heterocycles. The minimum atomic E-state index is -0.349. The van der Waals surface area contributed by atoms with Crippen LogP contribution in [0.2, 0.25) is 0 Å². The molecule has 1 aromatic rings. The summed E-state index contributed by atoms with van der Waals surface area (Å²) < 4.78 is 12.9. The fourth-order valence-corrected chi connectivity index (χ4v) is 1.92. The lowest BCUT2D eigenvalue weighted by Crippen LogP contribution is -2.38. The quantitative estimate of drug-likeness (QED) is 0.707. The van der Waals surface area contributed by atoms with Gasteiger partial charge in [-0.2, -0.15) is 0 Å². The zero-order chi connectivity index (χ0) is 9.97. The monoisotopic (exact) mass is 195 g/mol. The molecule has 1 saturated heterocycles. The van der Waals surface area contributed by atoms with Crippen LogP contribution in [0.25, 0.3) is 0 Å². The van der Waals surface area contributed by atoms with Crippen molar-refractivity contribution in [1.82, 2.24) is 5.32 Å². The van der Waals surface area contributed by atoms with Crippen LogP contribution in [-0.2, 0) is 0 Å². The van der Waals surface area contributed by atoms with Crippen LogP contribution in [0.3, 0.4) is 0 Å². The summed E-state index contributed by atoms with van der Waals surface area (Å²) in [5, 5.41) is 13.0. The normalized spacial score (nSPS) is 27.6. The molecule has 0 aliphatic carbocycles.